The molecule has 1 aliphatic carbocycles. The molecule has 1 aromatic rings. The van der Waals surface area contributed by atoms with Crippen LogP contribution in [0.1, 0.15) is 31.2 Å². The Morgan fingerprint density at radius 3 is 2.47 bits per heavy atom. The van der Waals surface area contributed by atoms with E-state index in [1.807, 2.05) is 24.3 Å². The second-order valence-electron chi connectivity index (χ2n) is 5.22. The van der Waals surface area contributed by atoms with Crippen LogP contribution in [0.4, 0.5) is 4.39 Å². The Labute approximate surface area is 106 Å². The van der Waals surface area contributed by atoms with Gasteiger partial charge in [-0.3, -0.25) is 0 Å². The highest BCUT2D eigenvalue weighted by atomic mass is 35.5. The van der Waals surface area contributed by atoms with Crippen LogP contribution >= 0.6 is 11.6 Å². The number of alkyl halides is 1. The van der Waals surface area contributed by atoms with Gasteiger partial charge in [0.15, 0.2) is 0 Å². The van der Waals surface area contributed by atoms with Gasteiger partial charge >= 0.3 is 0 Å². The smallest absolute Gasteiger partial charge is 0.142 e. The summed E-state index contributed by atoms with van der Waals surface area (Å²) in [6.45, 7) is 0.536. The third kappa shape index (κ3) is 1.88. The fourth-order valence-electron chi connectivity index (χ4n) is 2.95. The molecule has 2 aliphatic rings. The summed E-state index contributed by atoms with van der Waals surface area (Å²) >= 11 is 6.13. The van der Waals surface area contributed by atoms with Gasteiger partial charge in [0.25, 0.3) is 0 Å². The maximum Gasteiger partial charge on any atom is 0.142 e. The van der Waals surface area contributed by atoms with Crippen LogP contribution in [0.5, 0.6) is 0 Å². The minimum absolute atomic E-state index is 0.536. The summed E-state index contributed by atoms with van der Waals surface area (Å²) in [5, 5.41) is 0.712. The quantitative estimate of drug-likeness (QED) is 0.745. The first-order valence-corrected chi connectivity index (χ1v) is 6.59. The molecule has 3 heteroatoms. The van der Waals surface area contributed by atoms with Gasteiger partial charge in [0.1, 0.15) is 11.3 Å². The lowest BCUT2D eigenvalue weighted by atomic mass is 9.83. The van der Waals surface area contributed by atoms with E-state index < -0.39 is 11.3 Å². The van der Waals surface area contributed by atoms with Gasteiger partial charge in [0.2, 0.25) is 0 Å². The van der Waals surface area contributed by atoms with Crippen LogP contribution in [0.2, 0.25) is 5.02 Å². The average Bonchev–Trinajstić information content (AvgIpc) is 2.98. The molecule has 1 atom stereocenters. The van der Waals surface area contributed by atoms with Gasteiger partial charge in [-0.15, -0.1) is 0 Å². The first-order valence-electron chi connectivity index (χ1n) is 6.22. The number of hydrogen-bond donors (Lipinski definition) is 0. The Hall–Kier alpha value is -0.600. The number of hydrogen-bond acceptors (Lipinski definition) is 1. The van der Waals surface area contributed by atoms with E-state index in [1.54, 1.807) is 0 Å². The minimum atomic E-state index is -1.13. The second kappa shape index (κ2) is 3.96. The zero-order valence-electron chi connectivity index (χ0n) is 9.72. The molecule has 0 spiro atoms. The fraction of sp³-hybridized carbons (Fsp3) is 0.571. The Morgan fingerprint density at radius 2 is 1.88 bits per heavy atom. The average molecular weight is 255 g/mol. The molecule has 1 unspecified atom stereocenters. The molecular weight excluding hydrogens is 239 g/mol. The van der Waals surface area contributed by atoms with E-state index in [0.717, 1.165) is 18.4 Å². The molecule has 1 saturated heterocycles. The molecular formula is C14H16ClFO. The Morgan fingerprint density at radius 1 is 1.24 bits per heavy atom. The van der Waals surface area contributed by atoms with E-state index in [1.165, 1.54) is 0 Å². The van der Waals surface area contributed by atoms with Gasteiger partial charge in [-0.2, -0.15) is 0 Å². The van der Waals surface area contributed by atoms with Crippen molar-refractivity contribution < 1.29 is 9.13 Å². The maximum atomic E-state index is 14.8. The van der Waals surface area contributed by atoms with Crippen molar-refractivity contribution >= 4 is 11.6 Å². The molecule has 0 radical (unpaired) electrons. The standard InChI is InChI=1S/C14H16ClFO/c15-12-6-2-1-5-11(12)9-14(10-17-14)13(16)7-3-4-8-13/h1-2,5-6H,3-4,7-10H2. The lowest BCUT2D eigenvalue weighted by Gasteiger charge is -2.27. The lowest BCUT2D eigenvalue weighted by molar-refractivity contribution is 0.0523. The number of halogens is 2. The van der Waals surface area contributed by atoms with Crippen LogP contribution in [-0.4, -0.2) is 17.9 Å². The zero-order valence-corrected chi connectivity index (χ0v) is 10.5. The van der Waals surface area contributed by atoms with Crippen molar-refractivity contribution in [3.05, 3.63) is 34.9 Å². The van der Waals surface area contributed by atoms with Crippen LogP contribution in [0, 0.1) is 0 Å². The third-order valence-corrected chi connectivity index (χ3v) is 4.51. The SMILES string of the molecule is FC1(C2(Cc3ccccc3Cl)CO2)CCCC1. The van der Waals surface area contributed by atoms with Crippen LogP contribution in [0.15, 0.2) is 24.3 Å². The number of ether oxygens (including phenoxy) is 1. The molecule has 1 aromatic carbocycles. The lowest BCUT2D eigenvalue weighted by Crippen LogP contribution is -2.40. The highest BCUT2D eigenvalue weighted by Crippen LogP contribution is 2.52. The molecule has 92 valence electrons. The normalized spacial score (nSPS) is 30.5. The maximum absolute atomic E-state index is 14.8. The van der Waals surface area contributed by atoms with Gasteiger partial charge in [-0.1, -0.05) is 42.6 Å². The second-order valence-corrected chi connectivity index (χ2v) is 5.63. The van der Waals surface area contributed by atoms with Crippen molar-refractivity contribution in [1.29, 1.82) is 0 Å². The van der Waals surface area contributed by atoms with E-state index >= 15 is 0 Å². The topological polar surface area (TPSA) is 12.5 Å². The molecule has 3 rings (SSSR count). The van der Waals surface area contributed by atoms with Gasteiger partial charge < -0.3 is 4.74 Å². The van der Waals surface area contributed by atoms with E-state index in [0.29, 0.717) is 30.9 Å². The number of rotatable bonds is 3. The highest BCUT2D eigenvalue weighted by molar-refractivity contribution is 6.31. The van der Waals surface area contributed by atoms with E-state index in [9.17, 15) is 4.39 Å². The molecule has 2 fully saturated rings. The van der Waals surface area contributed by atoms with Crippen molar-refractivity contribution in [3.8, 4) is 0 Å². The fourth-order valence-corrected chi connectivity index (χ4v) is 3.15. The monoisotopic (exact) mass is 254 g/mol. The van der Waals surface area contributed by atoms with Crippen LogP contribution in [-0.2, 0) is 11.2 Å². The highest BCUT2D eigenvalue weighted by Gasteiger charge is 2.63. The molecule has 1 aliphatic heterocycles. The molecule has 1 saturated carbocycles. The van der Waals surface area contributed by atoms with Gasteiger partial charge in [-0.25, -0.2) is 4.39 Å². The number of epoxide rings is 1. The first kappa shape index (κ1) is 11.5. The predicted octanol–water partition coefficient (Wildman–Crippen LogP) is 3.93. The predicted molar refractivity (Wildman–Crippen MR) is 66.1 cm³/mol. The minimum Gasteiger partial charge on any atom is -0.366 e. The van der Waals surface area contributed by atoms with Crippen molar-refractivity contribution in [2.24, 2.45) is 0 Å². The van der Waals surface area contributed by atoms with Gasteiger partial charge in [0.05, 0.1) is 6.61 Å². The summed E-state index contributed by atoms with van der Waals surface area (Å²) in [6.07, 6.45) is 3.83. The van der Waals surface area contributed by atoms with Crippen LogP contribution in [0.25, 0.3) is 0 Å². The molecule has 0 aromatic heterocycles. The summed E-state index contributed by atoms with van der Waals surface area (Å²) in [5.41, 5.74) is -0.726. The largest absolute Gasteiger partial charge is 0.366 e. The Kier molecular flexibility index (Phi) is 2.68. The van der Waals surface area contributed by atoms with Crippen molar-refractivity contribution in [2.45, 2.75) is 43.4 Å². The van der Waals surface area contributed by atoms with Crippen molar-refractivity contribution in [3.63, 3.8) is 0 Å². The molecule has 1 heterocycles. The molecule has 1 nitrogen and oxygen atoms in total. The summed E-state index contributed by atoms with van der Waals surface area (Å²) < 4.78 is 20.3. The molecule has 0 N–H and O–H groups in total. The summed E-state index contributed by atoms with van der Waals surface area (Å²) in [4.78, 5) is 0. The van der Waals surface area contributed by atoms with E-state index in [4.69, 9.17) is 16.3 Å². The van der Waals surface area contributed by atoms with Crippen LogP contribution in [0.3, 0.4) is 0 Å². The molecule has 0 amide bonds. The van der Waals surface area contributed by atoms with E-state index in [2.05, 4.69) is 0 Å². The van der Waals surface area contributed by atoms with E-state index in [-0.39, 0.29) is 0 Å². The first-order chi connectivity index (χ1) is 8.15. The molecule has 0 bridgehead atoms. The third-order valence-electron chi connectivity index (χ3n) is 4.14. The van der Waals surface area contributed by atoms with Gasteiger partial charge in [0, 0.05) is 11.4 Å². The zero-order chi connectivity index (χ0) is 11.9. The van der Waals surface area contributed by atoms with Crippen molar-refractivity contribution in [2.75, 3.05) is 6.61 Å². The summed E-state index contributed by atoms with van der Waals surface area (Å²) in [5.74, 6) is 0. The summed E-state index contributed by atoms with van der Waals surface area (Å²) in [6, 6.07) is 7.65. The number of benzene rings is 1. The Balaban J connectivity index is 1.83. The summed E-state index contributed by atoms with van der Waals surface area (Å²) in [7, 11) is 0. The molecule has 17 heavy (non-hydrogen) atoms. The van der Waals surface area contributed by atoms with Gasteiger partial charge in [-0.05, 0) is 24.5 Å². The van der Waals surface area contributed by atoms with Crippen molar-refractivity contribution in [1.82, 2.24) is 0 Å². The van der Waals surface area contributed by atoms with Crippen LogP contribution < -0.4 is 0 Å². The Bertz CT molecular complexity index is 422.